The van der Waals surface area contributed by atoms with E-state index in [9.17, 15) is 0 Å². The number of allylic oxidation sites excluding steroid dienone is 1. The van der Waals surface area contributed by atoms with Crippen LogP contribution in [0.5, 0.6) is 0 Å². The Morgan fingerprint density at radius 3 is 2.53 bits per heavy atom. The van der Waals surface area contributed by atoms with Crippen molar-refractivity contribution >= 4 is 16.6 Å². The first kappa shape index (κ1) is 11.8. The van der Waals surface area contributed by atoms with E-state index >= 15 is 0 Å². The van der Waals surface area contributed by atoms with Gasteiger partial charge in [-0.05, 0) is 24.0 Å². The highest BCUT2D eigenvalue weighted by molar-refractivity contribution is 6.49. The number of nitriles is 1. The molecule has 78 valence electrons. The zero-order chi connectivity index (χ0) is 11.3. The molecule has 0 amide bonds. The van der Waals surface area contributed by atoms with Gasteiger partial charge in [-0.3, -0.25) is 0 Å². The van der Waals surface area contributed by atoms with Crippen molar-refractivity contribution in [1.82, 2.24) is 0 Å². The normalized spacial score (nSPS) is 11.9. The zero-order valence-corrected chi connectivity index (χ0v) is 9.80. The Hall–Kier alpha value is -1.26. The summed E-state index contributed by atoms with van der Waals surface area (Å²) in [6.07, 6.45) is 1.60. The van der Waals surface area contributed by atoms with Crippen molar-refractivity contribution < 1.29 is 0 Å². The number of hydrogen-bond donors (Lipinski definition) is 0. The van der Waals surface area contributed by atoms with Gasteiger partial charge >= 0.3 is 0 Å². The number of benzene rings is 1. The van der Waals surface area contributed by atoms with E-state index in [1.807, 2.05) is 31.2 Å². The average Bonchev–Trinajstić information content (AvgIpc) is 2.30. The van der Waals surface area contributed by atoms with Crippen LogP contribution in [0.4, 0.5) is 0 Å². The van der Waals surface area contributed by atoms with Crippen LogP contribution in [0.25, 0.3) is 5.03 Å². The molecule has 2 heteroatoms. The van der Waals surface area contributed by atoms with Crippen LogP contribution in [0.1, 0.15) is 31.4 Å². The maximum atomic E-state index is 8.93. The van der Waals surface area contributed by atoms with Crippen molar-refractivity contribution in [3.05, 3.63) is 41.0 Å². The first-order chi connectivity index (χ1) is 7.24. The van der Waals surface area contributed by atoms with Crippen molar-refractivity contribution in [2.45, 2.75) is 26.7 Å². The lowest BCUT2D eigenvalue weighted by atomic mass is 10.0. The highest BCUT2D eigenvalue weighted by atomic mass is 35.5. The van der Waals surface area contributed by atoms with Crippen molar-refractivity contribution in [3.8, 4) is 6.07 Å². The van der Waals surface area contributed by atoms with Crippen molar-refractivity contribution in [1.29, 1.82) is 5.26 Å². The van der Waals surface area contributed by atoms with E-state index < -0.39 is 0 Å². The third-order valence-electron chi connectivity index (χ3n) is 2.39. The van der Waals surface area contributed by atoms with Gasteiger partial charge in [-0.15, -0.1) is 0 Å². The molecule has 0 bridgehead atoms. The van der Waals surface area contributed by atoms with Gasteiger partial charge in [0.1, 0.15) is 0 Å². The fourth-order valence-corrected chi connectivity index (χ4v) is 1.85. The molecule has 1 aromatic rings. The number of halogens is 1. The summed E-state index contributed by atoms with van der Waals surface area (Å²) < 4.78 is 0. The van der Waals surface area contributed by atoms with E-state index in [0.717, 1.165) is 12.0 Å². The lowest BCUT2D eigenvalue weighted by Gasteiger charge is -2.07. The summed E-state index contributed by atoms with van der Waals surface area (Å²) >= 11 is 6.21. The molecule has 0 heterocycles. The first-order valence-electron chi connectivity index (χ1n) is 5.11. The van der Waals surface area contributed by atoms with E-state index in [4.69, 9.17) is 16.9 Å². The van der Waals surface area contributed by atoms with Gasteiger partial charge in [-0.2, -0.15) is 5.26 Å². The van der Waals surface area contributed by atoms with E-state index in [-0.39, 0.29) is 0 Å². The van der Waals surface area contributed by atoms with Crippen LogP contribution >= 0.6 is 11.6 Å². The van der Waals surface area contributed by atoms with Crippen LogP contribution in [-0.4, -0.2) is 0 Å². The van der Waals surface area contributed by atoms with E-state index in [2.05, 4.69) is 13.0 Å². The monoisotopic (exact) mass is 219 g/mol. The molecule has 0 radical (unpaired) electrons. The predicted molar refractivity (Wildman–Crippen MR) is 64.5 cm³/mol. The van der Waals surface area contributed by atoms with Crippen molar-refractivity contribution in [3.63, 3.8) is 0 Å². The van der Waals surface area contributed by atoms with Gasteiger partial charge in [0.25, 0.3) is 0 Å². The molecule has 0 fully saturated rings. The molecule has 0 aromatic heterocycles. The van der Waals surface area contributed by atoms with E-state index in [0.29, 0.717) is 17.0 Å². The minimum atomic E-state index is 0.595. The Morgan fingerprint density at radius 2 is 2.00 bits per heavy atom. The Bertz CT molecular complexity index is 413. The van der Waals surface area contributed by atoms with Gasteiger partial charge in [0, 0.05) is 5.57 Å². The maximum absolute atomic E-state index is 8.93. The fourth-order valence-electron chi connectivity index (χ4n) is 1.49. The minimum absolute atomic E-state index is 0.595. The summed E-state index contributed by atoms with van der Waals surface area (Å²) in [6.45, 7) is 4.02. The number of aryl methyl sites for hydroxylation is 1. The van der Waals surface area contributed by atoms with E-state index in [1.54, 1.807) is 0 Å². The van der Waals surface area contributed by atoms with Gasteiger partial charge in [0.2, 0.25) is 0 Å². The molecule has 1 nitrogen and oxygen atoms in total. The molecule has 0 N–H and O–H groups in total. The Balaban J connectivity index is 3.28. The van der Waals surface area contributed by atoms with Crippen LogP contribution in [-0.2, 0) is 6.42 Å². The summed E-state index contributed by atoms with van der Waals surface area (Å²) in [5.41, 5.74) is 2.82. The van der Waals surface area contributed by atoms with Crippen LogP contribution in [0.3, 0.4) is 0 Å². The Morgan fingerprint density at radius 1 is 1.33 bits per heavy atom. The molecule has 0 saturated carbocycles. The number of hydrogen-bond acceptors (Lipinski definition) is 1. The van der Waals surface area contributed by atoms with Crippen LogP contribution < -0.4 is 0 Å². The van der Waals surface area contributed by atoms with Crippen LogP contribution in [0, 0.1) is 11.3 Å². The number of rotatable bonds is 3. The standard InChI is InChI=1S/C13H14ClN/c1-3-10-7-5-6-8-12(10)13(14)11(4-2)9-15/h5-8H,3-4H2,1-2H3/b13-11-. The van der Waals surface area contributed by atoms with Gasteiger partial charge < -0.3 is 0 Å². The largest absolute Gasteiger partial charge is 0.193 e. The maximum Gasteiger partial charge on any atom is 0.0962 e. The SMILES string of the molecule is CC/C(C#N)=C(/Cl)c1ccccc1CC. The molecule has 0 unspecified atom stereocenters. The summed E-state index contributed by atoms with van der Waals surface area (Å²) in [6, 6.07) is 10.1. The molecule has 1 rings (SSSR count). The summed E-state index contributed by atoms with van der Waals surface area (Å²) in [5.74, 6) is 0. The molecular weight excluding hydrogens is 206 g/mol. The fraction of sp³-hybridized carbons (Fsp3) is 0.308. The smallest absolute Gasteiger partial charge is 0.0962 e. The van der Waals surface area contributed by atoms with Crippen molar-refractivity contribution in [2.75, 3.05) is 0 Å². The topological polar surface area (TPSA) is 23.8 Å². The summed E-state index contributed by atoms with van der Waals surface area (Å²) in [4.78, 5) is 0. The third-order valence-corrected chi connectivity index (χ3v) is 2.82. The van der Waals surface area contributed by atoms with E-state index in [1.165, 1.54) is 5.56 Å². The second kappa shape index (κ2) is 5.58. The molecular formula is C13H14ClN. The minimum Gasteiger partial charge on any atom is -0.193 e. The quantitative estimate of drug-likeness (QED) is 0.702. The Kier molecular flexibility index (Phi) is 4.39. The molecule has 0 aliphatic rings. The summed E-state index contributed by atoms with van der Waals surface area (Å²) in [7, 11) is 0. The average molecular weight is 220 g/mol. The molecule has 0 spiro atoms. The second-order valence-corrected chi connectivity index (χ2v) is 3.65. The molecule has 1 aromatic carbocycles. The molecule has 0 aliphatic heterocycles. The lowest BCUT2D eigenvalue weighted by Crippen LogP contribution is -1.90. The van der Waals surface area contributed by atoms with Crippen molar-refractivity contribution in [2.24, 2.45) is 0 Å². The van der Waals surface area contributed by atoms with Gasteiger partial charge in [0.05, 0.1) is 11.1 Å². The predicted octanol–water partition coefficient (Wildman–Crippen LogP) is 4.13. The van der Waals surface area contributed by atoms with Crippen LogP contribution in [0.15, 0.2) is 29.8 Å². The molecule has 0 atom stereocenters. The Labute approximate surface area is 96.0 Å². The van der Waals surface area contributed by atoms with Gasteiger partial charge in [-0.25, -0.2) is 0 Å². The first-order valence-corrected chi connectivity index (χ1v) is 5.49. The molecule has 15 heavy (non-hydrogen) atoms. The third kappa shape index (κ3) is 2.61. The van der Waals surface area contributed by atoms with Gasteiger partial charge in [0.15, 0.2) is 0 Å². The van der Waals surface area contributed by atoms with Gasteiger partial charge in [-0.1, -0.05) is 49.7 Å². The lowest BCUT2D eigenvalue weighted by molar-refractivity contribution is 1.12. The highest BCUT2D eigenvalue weighted by Crippen LogP contribution is 2.27. The zero-order valence-electron chi connectivity index (χ0n) is 9.05. The second-order valence-electron chi connectivity index (χ2n) is 3.27. The highest BCUT2D eigenvalue weighted by Gasteiger charge is 2.08. The summed E-state index contributed by atoms with van der Waals surface area (Å²) in [5, 5.41) is 9.52. The molecule has 0 saturated heterocycles. The molecule has 0 aliphatic carbocycles. The number of nitrogens with zero attached hydrogens (tertiary/aromatic N) is 1. The van der Waals surface area contributed by atoms with Crippen LogP contribution in [0.2, 0.25) is 0 Å².